The maximum absolute atomic E-state index is 4.35. The van der Waals surface area contributed by atoms with Crippen LogP contribution in [-0.4, -0.2) is 0 Å². The molecule has 0 amide bonds. The lowest BCUT2D eigenvalue weighted by Crippen LogP contribution is -1.92. The number of allylic oxidation sites excluding steroid dienone is 9. The van der Waals surface area contributed by atoms with E-state index in [9.17, 15) is 0 Å². The fourth-order valence-corrected chi connectivity index (χ4v) is 1.67. The number of thiol groups is 1. The van der Waals surface area contributed by atoms with Gasteiger partial charge in [-0.2, -0.15) is 0 Å². The largest absolute Gasteiger partial charge is 0.148 e. The molecule has 0 heterocycles. The Bertz CT molecular complexity index is 365. The van der Waals surface area contributed by atoms with Gasteiger partial charge in [-0.3, -0.25) is 0 Å². The SMILES string of the molecule is C=C(C)/C=C\C(=C/C)C1=CC=C(S)CC1. The molecule has 0 aromatic rings. The van der Waals surface area contributed by atoms with Crippen LogP contribution in [0.5, 0.6) is 0 Å². The molecule has 15 heavy (non-hydrogen) atoms. The third-order valence-corrected chi connectivity index (χ3v) is 2.73. The summed E-state index contributed by atoms with van der Waals surface area (Å²) in [4.78, 5) is 1.16. The molecular formula is C14H18S. The first-order chi connectivity index (χ1) is 7.13. The van der Waals surface area contributed by atoms with E-state index >= 15 is 0 Å². The summed E-state index contributed by atoms with van der Waals surface area (Å²) in [6.07, 6.45) is 12.7. The molecule has 0 unspecified atom stereocenters. The van der Waals surface area contributed by atoms with Crippen molar-refractivity contribution in [1.82, 2.24) is 0 Å². The van der Waals surface area contributed by atoms with E-state index in [1.807, 2.05) is 6.92 Å². The quantitative estimate of drug-likeness (QED) is 0.519. The van der Waals surface area contributed by atoms with E-state index in [2.05, 4.69) is 56.5 Å². The van der Waals surface area contributed by atoms with Crippen molar-refractivity contribution in [3.8, 4) is 0 Å². The molecule has 0 saturated carbocycles. The van der Waals surface area contributed by atoms with Gasteiger partial charge in [0.25, 0.3) is 0 Å². The van der Waals surface area contributed by atoms with Crippen LogP contribution in [0, 0.1) is 0 Å². The molecule has 0 nitrogen and oxygen atoms in total. The van der Waals surface area contributed by atoms with Crippen LogP contribution < -0.4 is 0 Å². The van der Waals surface area contributed by atoms with Gasteiger partial charge in [-0.25, -0.2) is 0 Å². The summed E-state index contributed by atoms with van der Waals surface area (Å²) < 4.78 is 0. The molecule has 80 valence electrons. The summed E-state index contributed by atoms with van der Waals surface area (Å²) in [5.41, 5.74) is 3.75. The van der Waals surface area contributed by atoms with Crippen molar-refractivity contribution in [3.05, 3.63) is 58.6 Å². The van der Waals surface area contributed by atoms with Gasteiger partial charge in [0.05, 0.1) is 0 Å². The number of rotatable bonds is 3. The Balaban J connectivity index is 2.82. The summed E-state index contributed by atoms with van der Waals surface area (Å²) >= 11 is 4.35. The van der Waals surface area contributed by atoms with Gasteiger partial charge in [0.1, 0.15) is 0 Å². The third-order valence-electron chi connectivity index (χ3n) is 2.36. The first-order valence-electron chi connectivity index (χ1n) is 5.22. The zero-order chi connectivity index (χ0) is 11.3. The Labute approximate surface area is 98.2 Å². The Morgan fingerprint density at radius 2 is 2.07 bits per heavy atom. The Morgan fingerprint density at radius 1 is 1.33 bits per heavy atom. The smallest absolute Gasteiger partial charge is 0.0180 e. The molecule has 1 rings (SSSR count). The first kappa shape index (κ1) is 12.1. The van der Waals surface area contributed by atoms with E-state index in [1.165, 1.54) is 11.1 Å². The van der Waals surface area contributed by atoms with Crippen LogP contribution in [0.4, 0.5) is 0 Å². The predicted octanol–water partition coefficient (Wildman–Crippen LogP) is 4.60. The highest BCUT2D eigenvalue weighted by Gasteiger charge is 2.05. The molecule has 0 aromatic carbocycles. The predicted molar refractivity (Wildman–Crippen MR) is 72.1 cm³/mol. The van der Waals surface area contributed by atoms with Crippen molar-refractivity contribution in [3.63, 3.8) is 0 Å². The van der Waals surface area contributed by atoms with E-state index in [0.29, 0.717) is 0 Å². The van der Waals surface area contributed by atoms with E-state index < -0.39 is 0 Å². The van der Waals surface area contributed by atoms with Gasteiger partial charge in [0.2, 0.25) is 0 Å². The van der Waals surface area contributed by atoms with E-state index in [-0.39, 0.29) is 0 Å². The summed E-state index contributed by atoms with van der Waals surface area (Å²) in [5, 5.41) is 0. The Hall–Kier alpha value is -0.950. The average molecular weight is 218 g/mol. The standard InChI is InChI=1S/C14H18S/c1-4-12(6-5-11(2)3)13-7-9-14(15)10-8-13/h4-7,9,15H,2,8,10H2,1,3H3/b6-5-,12-4+. The molecule has 0 aromatic heterocycles. The molecule has 0 N–H and O–H groups in total. The average Bonchev–Trinajstić information content (AvgIpc) is 2.21. The molecule has 0 radical (unpaired) electrons. The molecule has 0 atom stereocenters. The van der Waals surface area contributed by atoms with E-state index in [1.54, 1.807) is 0 Å². The second-order valence-electron chi connectivity index (χ2n) is 3.77. The highest BCUT2D eigenvalue weighted by molar-refractivity contribution is 7.84. The molecule has 0 fully saturated rings. The van der Waals surface area contributed by atoms with Gasteiger partial charge in [-0.15, -0.1) is 12.6 Å². The summed E-state index contributed by atoms with van der Waals surface area (Å²) in [7, 11) is 0. The van der Waals surface area contributed by atoms with Gasteiger partial charge in [-0.05, 0) is 42.7 Å². The van der Waals surface area contributed by atoms with Gasteiger partial charge in [0, 0.05) is 0 Å². The van der Waals surface area contributed by atoms with E-state index in [4.69, 9.17) is 0 Å². The zero-order valence-electron chi connectivity index (χ0n) is 9.46. The van der Waals surface area contributed by atoms with Gasteiger partial charge >= 0.3 is 0 Å². The van der Waals surface area contributed by atoms with Crippen molar-refractivity contribution >= 4 is 12.6 Å². The van der Waals surface area contributed by atoms with Crippen molar-refractivity contribution < 1.29 is 0 Å². The second kappa shape index (κ2) is 5.82. The fraction of sp³-hybridized carbons (Fsp3) is 0.286. The number of hydrogen-bond acceptors (Lipinski definition) is 1. The lowest BCUT2D eigenvalue weighted by atomic mass is 9.96. The normalized spacial score (nSPS) is 17.7. The van der Waals surface area contributed by atoms with Crippen LogP contribution in [0.2, 0.25) is 0 Å². The highest BCUT2D eigenvalue weighted by atomic mass is 32.1. The van der Waals surface area contributed by atoms with E-state index in [0.717, 1.165) is 23.3 Å². The maximum atomic E-state index is 4.35. The lowest BCUT2D eigenvalue weighted by Gasteiger charge is -2.12. The van der Waals surface area contributed by atoms with Crippen LogP contribution in [0.1, 0.15) is 26.7 Å². The van der Waals surface area contributed by atoms with Crippen molar-refractivity contribution in [2.75, 3.05) is 0 Å². The third kappa shape index (κ3) is 3.96. The Kier molecular flexibility index (Phi) is 4.70. The topological polar surface area (TPSA) is 0 Å². The monoisotopic (exact) mass is 218 g/mol. The van der Waals surface area contributed by atoms with Crippen molar-refractivity contribution in [1.29, 1.82) is 0 Å². The van der Waals surface area contributed by atoms with Crippen LogP contribution in [0.25, 0.3) is 0 Å². The van der Waals surface area contributed by atoms with Gasteiger partial charge in [0.15, 0.2) is 0 Å². The van der Waals surface area contributed by atoms with Crippen molar-refractivity contribution in [2.24, 2.45) is 0 Å². The first-order valence-corrected chi connectivity index (χ1v) is 5.67. The molecule has 0 spiro atoms. The molecule has 1 aliphatic carbocycles. The van der Waals surface area contributed by atoms with Crippen LogP contribution in [0.3, 0.4) is 0 Å². The Morgan fingerprint density at radius 3 is 2.53 bits per heavy atom. The van der Waals surface area contributed by atoms with Gasteiger partial charge < -0.3 is 0 Å². The molecule has 0 bridgehead atoms. The minimum Gasteiger partial charge on any atom is -0.148 e. The minimum absolute atomic E-state index is 1.05. The minimum atomic E-state index is 1.05. The summed E-state index contributed by atoms with van der Waals surface area (Å²) in [5.74, 6) is 0. The number of hydrogen-bond donors (Lipinski definition) is 1. The lowest BCUT2D eigenvalue weighted by molar-refractivity contribution is 0.965. The van der Waals surface area contributed by atoms with Gasteiger partial charge in [-0.1, -0.05) is 42.5 Å². The van der Waals surface area contributed by atoms with Crippen molar-refractivity contribution in [2.45, 2.75) is 26.7 Å². The zero-order valence-corrected chi connectivity index (χ0v) is 10.3. The van der Waals surface area contributed by atoms with Crippen LogP contribution >= 0.6 is 12.6 Å². The highest BCUT2D eigenvalue weighted by Crippen LogP contribution is 2.26. The molecule has 1 heteroatoms. The molecule has 0 saturated heterocycles. The maximum Gasteiger partial charge on any atom is -0.0180 e. The fourth-order valence-electron chi connectivity index (χ4n) is 1.49. The molecule has 0 aliphatic heterocycles. The van der Waals surface area contributed by atoms with Crippen LogP contribution in [-0.2, 0) is 0 Å². The molecule has 1 aliphatic rings. The molecular weight excluding hydrogens is 200 g/mol. The second-order valence-corrected chi connectivity index (χ2v) is 4.35. The van der Waals surface area contributed by atoms with Crippen LogP contribution in [0.15, 0.2) is 58.6 Å². The summed E-state index contributed by atoms with van der Waals surface area (Å²) in [6.45, 7) is 7.93. The summed E-state index contributed by atoms with van der Waals surface area (Å²) in [6, 6.07) is 0.